The molecular weight excluding hydrogens is 478 g/mol. The molecule has 0 spiro atoms. The minimum Gasteiger partial charge on any atom is -0.434 e. The maximum atomic E-state index is 13.6. The molecule has 10 heteroatoms. The van der Waals surface area contributed by atoms with Crippen LogP contribution in [0.4, 0.5) is 28.9 Å². The molecule has 0 aliphatic heterocycles. The van der Waals surface area contributed by atoms with Crippen molar-refractivity contribution in [1.82, 2.24) is 0 Å². The first-order chi connectivity index (χ1) is 17.0. The Balaban J connectivity index is 1.84. The molecule has 1 atom stereocenters. The third-order valence-electron chi connectivity index (χ3n) is 5.14. The quantitative estimate of drug-likeness (QED) is 0.183. The summed E-state index contributed by atoms with van der Waals surface area (Å²) < 4.78 is 57.6. The van der Waals surface area contributed by atoms with Gasteiger partial charge in [-0.1, -0.05) is 42.5 Å². The largest absolute Gasteiger partial charge is 0.434 e. The molecule has 188 valence electrons. The van der Waals surface area contributed by atoms with Gasteiger partial charge in [0.05, 0.1) is 0 Å². The van der Waals surface area contributed by atoms with Crippen molar-refractivity contribution in [3.8, 4) is 16.9 Å². The van der Waals surface area contributed by atoms with Crippen LogP contribution in [0, 0.1) is 11.3 Å². The van der Waals surface area contributed by atoms with Crippen LogP contribution in [0.3, 0.4) is 0 Å². The van der Waals surface area contributed by atoms with Gasteiger partial charge in [-0.05, 0) is 42.8 Å². The smallest absolute Gasteiger partial charge is 0.387 e. The van der Waals surface area contributed by atoms with Gasteiger partial charge in [0, 0.05) is 35.1 Å². The summed E-state index contributed by atoms with van der Waals surface area (Å²) in [7, 11) is 0. The monoisotopic (exact) mass is 501 g/mol. The van der Waals surface area contributed by atoms with Crippen LogP contribution in [0.1, 0.15) is 19.4 Å². The third kappa shape index (κ3) is 6.68. The minimum absolute atomic E-state index is 0.0398. The highest BCUT2D eigenvalue weighted by atomic mass is 19.3. The summed E-state index contributed by atoms with van der Waals surface area (Å²) in [5.41, 5.74) is 0.424. The zero-order valence-corrected chi connectivity index (χ0v) is 19.3. The van der Waals surface area contributed by atoms with Gasteiger partial charge in [-0.2, -0.15) is 8.78 Å². The zero-order chi connectivity index (χ0) is 26.5. The van der Waals surface area contributed by atoms with Crippen LogP contribution in [0.5, 0.6) is 5.75 Å². The molecule has 0 aliphatic rings. The molecule has 6 nitrogen and oxygen atoms in total. The molecule has 3 aromatic carbocycles. The van der Waals surface area contributed by atoms with E-state index in [4.69, 9.17) is 5.41 Å². The molecule has 3 rings (SSSR count). The minimum atomic E-state index is -3.13. The number of nitrogens with one attached hydrogen (secondary N) is 3. The maximum absolute atomic E-state index is 13.6. The Bertz CT molecular complexity index is 1260. The average molecular weight is 501 g/mol. The molecule has 2 amide bonds. The van der Waals surface area contributed by atoms with Crippen LogP contribution in [0.25, 0.3) is 11.1 Å². The molecular formula is C26H23F4N3O3. The second kappa shape index (κ2) is 11.0. The lowest BCUT2D eigenvalue weighted by atomic mass is 10.0. The molecule has 1 unspecified atom stereocenters. The number of halogens is 4. The number of carbonyl (C=O) groups is 2. The molecule has 0 saturated heterocycles. The summed E-state index contributed by atoms with van der Waals surface area (Å²) in [5.74, 6) is -6.57. The first-order valence-corrected chi connectivity index (χ1v) is 10.7. The van der Waals surface area contributed by atoms with Crippen molar-refractivity contribution in [3.05, 3.63) is 78.4 Å². The van der Waals surface area contributed by atoms with Crippen molar-refractivity contribution in [3.63, 3.8) is 0 Å². The lowest BCUT2D eigenvalue weighted by Gasteiger charge is -2.18. The van der Waals surface area contributed by atoms with Crippen LogP contribution in [-0.4, -0.2) is 24.1 Å². The first-order valence-electron chi connectivity index (χ1n) is 10.7. The van der Waals surface area contributed by atoms with Crippen molar-refractivity contribution in [1.29, 1.82) is 5.41 Å². The number of ether oxygens (including phenoxy) is 1. The Hall–Kier alpha value is -4.21. The highest BCUT2D eigenvalue weighted by Crippen LogP contribution is 2.34. The van der Waals surface area contributed by atoms with Crippen LogP contribution < -0.4 is 15.4 Å². The SMILES string of the molecule is CC(=N)C(C(=O)Nc1cccc(C(C)(F)F)c1)C(=O)Nc1ccc(OC(F)F)c(-c2ccccc2)c1. The molecule has 0 bridgehead atoms. The number of carbonyl (C=O) groups excluding carboxylic acids is 2. The lowest BCUT2D eigenvalue weighted by Crippen LogP contribution is -2.38. The summed E-state index contributed by atoms with van der Waals surface area (Å²) in [4.78, 5) is 25.7. The highest BCUT2D eigenvalue weighted by molar-refractivity contribution is 6.24. The normalized spacial score (nSPS) is 12.1. The predicted octanol–water partition coefficient (Wildman–Crippen LogP) is 6.30. The summed E-state index contributed by atoms with van der Waals surface area (Å²) >= 11 is 0. The number of anilines is 2. The van der Waals surface area contributed by atoms with E-state index < -0.39 is 30.3 Å². The van der Waals surface area contributed by atoms with Gasteiger partial charge in [-0.15, -0.1) is 0 Å². The molecule has 0 heterocycles. The Kier molecular flexibility index (Phi) is 8.08. The predicted molar refractivity (Wildman–Crippen MR) is 129 cm³/mol. The second-order valence-electron chi connectivity index (χ2n) is 8.02. The number of amides is 2. The van der Waals surface area contributed by atoms with E-state index >= 15 is 0 Å². The Morgan fingerprint density at radius 2 is 1.50 bits per heavy atom. The highest BCUT2D eigenvalue weighted by Gasteiger charge is 2.30. The third-order valence-corrected chi connectivity index (χ3v) is 5.14. The molecule has 0 fully saturated rings. The van der Waals surface area contributed by atoms with Gasteiger partial charge in [-0.3, -0.25) is 9.59 Å². The fourth-order valence-electron chi connectivity index (χ4n) is 3.46. The van der Waals surface area contributed by atoms with Crippen LogP contribution in [-0.2, 0) is 15.5 Å². The Labute approximate surface area is 204 Å². The van der Waals surface area contributed by atoms with Gasteiger partial charge in [0.15, 0.2) is 5.92 Å². The van der Waals surface area contributed by atoms with Crippen molar-refractivity contribution in [2.75, 3.05) is 10.6 Å². The number of rotatable bonds is 9. The molecule has 0 radical (unpaired) electrons. The van der Waals surface area contributed by atoms with E-state index in [1.54, 1.807) is 30.3 Å². The number of benzene rings is 3. The maximum Gasteiger partial charge on any atom is 0.387 e. The van der Waals surface area contributed by atoms with Crippen LogP contribution >= 0.6 is 0 Å². The van der Waals surface area contributed by atoms with Gasteiger partial charge in [0.2, 0.25) is 11.8 Å². The summed E-state index contributed by atoms with van der Waals surface area (Å²) in [5, 5.41) is 12.8. The van der Waals surface area contributed by atoms with Crippen molar-refractivity contribution < 1.29 is 31.9 Å². The van der Waals surface area contributed by atoms with E-state index in [0.717, 1.165) is 6.07 Å². The Morgan fingerprint density at radius 1 is 0.889 bits per heavy atom. The van der Waals surface area contributed by atoms with Gasteiger partial charge < -0.3 is 20.8 Å². The van der Waals surface area contributed by atoms with Gasteiger partial charge in [0.25, 0.3) is 5.92 Å². The van der Waals surface area contributed by atoms with Crippen molar-refractivity contribution in [2.45, 2.75) is 26.4 Å². The molecule has 36 heavy (non-hydrogen) atoms. The fourth-order valence-corrected chi connectivity index (χ4v) is 3.46. The van der Waals surface area contributed by atoms with Crippen molar-refractivity contribution >= 4 is 28.9 Å². The molecule has 0 saturated carbocycles. The zero-order valence-electron chi connectivity index (χ0n) is 19.3. The average Bonchev–Trinajstić information content (AvgIpc) is 2.79. The molecule has 0 aliphatic carbocycles. The summed E-state index contributed by atoms with van der Waals surface area (Å²) in [6.07, 6.45) is 0. The molecule has 3 N–H and O–H groups in total. The van der Waals surface area contributed by atoms with E-state index in [9.17, 15) is 27.2 Å². The molecule has 3 aromatic rings. The fraction of sp³-hybridized carbons (Fsp3) is 0.192. The van der Waals surface area contributed by atoms with E-state index in [1.165, 1.54) is 43.3 Å². The lowest BCUT2D eigenvalue weighted by molar-refractivity contribution is -0.126. The van der Waals surface area contributed by atoms with Gasteiger partial charge >= 0.3 is 6.61 Å². The van der Waals surface area contributed by atoms with Crippen LogP contribution in [0.15, 0.2) is 72.8 Å². The second-order valence-corrected chi connectivity index (χ2v) is 8.02. The van der Waals surface area contributed by atoms with Crippen molar-refractivity contribution in [2.24, 2.45) is 5.92 Å². The standard InChI is InChI=1S/C26H23F4N3O3/c1-15(31)22(23(34)32-18-10-6-9-17(13-18)26(2,29)30)24(35)33-19-11-12-21(36-25(27)28)20(14-19)16-7-4-3-5-8-16/h3-14,22,25,31H,1-2H3,(H,32,34)(H,33,35). The van der Waals surface area contributed by atoms with Crippen LogP contribution in [0.2, 0.25) is 0 Å². The van der Waals surface area contributed by atoms with E-state index in [2.05, 4.69) is 15.4 Å². The Morgan fingerprint density at radius 3 is 2.06 bits per heavy atom. The van der Waals surface area contributed by atoms with E-state index in [-0.39, 0.29) is 34.0 Å². The summed E-state index contributed by atoms with van der Waals surface area (Å²) in [6.45, 7) is -1.09. The van der Waals surface area contributed by atoms with E-state index in [0.29, 0.717) is 12.5 Å². The van der Waals surface area contributed by atoms with Gasteiger partial charge in [-0.25, -0.2) is 8.78 Å². The van der Waals surface area contributed by atoms with Gasteiger partial charge in [0.1, 0.15) is 5.75 Å². The number of alkyl halides is 4. The molecule has 0 aromatic heterocycles. The topological polar surface area (TPSA) is 91.3 Å². The number of hydrogen-bond donors (Lipinski definition) is 3. The first kappa shape index (κ1) is 26.4. The number of hydrogen-bond acceptors (Lipinski definition) is 4. The summed E-state index contributed by atoms with van der Waals surface area (Å²) in [6, 6.07) is 17.5. The van der Waals surface area contributed by atoms with E-state index in [1.807, 2.05) is 0 Å².